The highest BCUT2D eigenvalue weighted by Gasteiger charge is 2.24. The molecule has 0 aromatic carbocycles. The maximum absolute atomic E-state index is 2.66. The molecule has 0 fully saturated rings. The molecule has 1 heterocycles. The van der Waals surface area contributed by atoms with Gasteiger partial charge in [0, 0.05) is 25.5 Å². The van der Waals surface area contributed by atoms with Crippen LogP contribution in [0, 0.1) is 0 Å². The van der Waals surface area contributed by atoms with E-state index in [4.69, 9.17) is 0 Å². The fraction of sp³-hybridized carbons (Fsp3) is 0.943. The molecule has 1 unspecified atom stereocenters. The van der Waals surface area contributed by atoms with E-state index in [9.17, 15) is 0 Å². The second-order valence-electron chi connectivity index (χ2n) is 12.2. The van der Waals surface area contributed by atoms with E-state index < -0.39 is 0 Å². The highest BCUT2D eigenvalue weighted by molar-refractivity contribution is 4.96. The minimum Gasteiger partial charge on any atom is -0.356 e. The van der Waals surface area contributed by atoms with Crippen molar-refractivity contribution in [1.82, 2.24) is 9.80 Å². The summed E-state index contributed by atoms with van der Waals surface area (Å²) in [4.78, 5) is 5.31. The Morgan fingerprint density at radius 3 is 0.892 bits per heavy atom. The predicted octanol–water partition coefficient (Wildman–Crippen LogP) is 12.0. The van der Waals surface area contributed by atoms with Gasteiger partial charge in [0.25, 0.3) is 0 Å². The third-order valence-electron chi connectivity index (χ3n) is 8.55. The Morgan fingerprint density at radius 1 is 0.351 bits per heavy atom. The van der Waals surface area contributed by atoms with E-state index in [-0.39, 0.29) is 0 Å². The summed E-state index contributed by atoms with van der Waals surface area (Å²) >= 11 is 0. The molecule has 0 spiro atoms. The molecule has 0 aromatic heterocycles. The topological polar surface area (TPSA) is 6.48 Å². The van der Waals surface area contributed by atoms with Gasteiger partial charge in [-0.05, 0) is 19.3 Å². The van der Waals surface area contributed by atoms with E-state index in [2.05, 4.69) is 43.0 Å². The second kappa shape index (κ2) is 26.9. The van der Waals surface area contributed by atoms with Crippen LogP contribution < -0.4 is 0 Å². The Morgan fingerprint density at radius 2 is 0.622 bits per heavy atom. The Kier molecular flexibility index (Phi) is 25.0. The van der Waals surface area contributed by atoms with Crippen molar-refractivity contribution >= 4 is 0 Å². The summed E-state index contributed by atoms with van der Waals surface area (Å²) in [5.41, 5.74) is 0. The summed E-state index contributed by atoms with van der Waals surface area (Å²) in [7, 11) is 0. The molecular weight excluding hydrogens is 448 g/mol. The first-order valence-electron chi connectivity index (χ1n) is 17.5. The van der Waals surface area contributed by atoms with E-state index in [1.165, 1.54) is 186 Å². The van der Waals surface area contributed by atoms with Gasteiger partial charge < -0.3 is 9.80 Å². The first kappa shape index (κ1) is 34.4. The summed E-state index contributed by atoms with van der Waals surface area (Å²) in [6.07, 6.45) is 44.0. The molecule has 2 nitrogen and oxygen atoms in total. The minimum atomic E-state index is 0.634. The van der Waals surface area contributed by atoms with Crippen LogP contribution in [0.3, 0.4) is 0 Å². The first-order chi connectivity index (χ1) is 18.3. The van der Waals surface area contributed by atoms with Crippen LogP contribution >= 0.6 is 0 Å². The molecule has 0 aliphatic carbocycles. The van der Waals surface area contributed by atoms with Gasteiger partial charge in [-0.2, -0.15) is 0 Å². The molecule has 1 aliphatic heterocycles. The number of hydrogen-bond acceptors (Lipinski definition) is 2. The van der Waals surface area contributed by atoms with Crippen molar-refractivity contribution in [1.29, 1.82) is 0 Å². The molecular formula is C35H70N2. The van der Waals surface area contributed by atoms with Crippen LogP contribution in [0.2, 0.25) is 0 Å². The summed E-state index contributed by atoms with van der Waals surface area (Å²) in [6, 6.07) is 0. The van der Waals surface area contributed by atoms with Crippen LogP contribution in [-0.2, 0) is 0 Å². The molecule has 2 heteroatoms. The number of nitrogens with zero attached hydrogens (tertiary/aromatic N) is 2. The van der Waals surface area contributed by atoms with Crippen LogP contribution in [0.15, 0.2) is 12.4 Å². The zero-order chi connectivity index (χ0) is 26.7. The highest BCUT2D eigenvalue weighted by atomic mass is 15.4. The zero-order valence-corrected chi connectivity index (χ0v) is 26.1. The van der Waals surface area contributed by atoms with Crippen LogP contribution in [0.5, 0.6) is 0 Å². The molecule has 1 aliphatic rings. The SMILES string of the molecule is CCCCCCCCCCCCCCCN1C=CN(CCCCCCCCCCCCCC)C1CCC. The van der Waals surface area contributed by atoms with Crippen LogP contribution in [0.4, 0.5) is 0 Å². The number of rotatable bonds is 29. The monoisotopic (exact) mass is 519 g/mol. The van der Waals surface area contributed by atoms with Gasteiger partial charge in [0.05, 0.1) is 0 Å². The number of hydrogen-bond donors (Lipinski definition) is 0. The Labute approximate surface area is 235 Å². The molecule has 0 aromatic rings. The third kappa shape index (κ3) is 20.0. The lowest BCUT2D eigenvalue weighted by atomic mass is 10.0. The maximum Gasteiger partial charge on any atom is 0.101 e. The second-order valence-corrected chi connectivity index (χ2v) is 12.2. The first-order valence-corrected chi connectivity index (χ1v) is 17.5. The summed E-state index contributed by atoms with van der Waals surface area (Å²) in [5, 5.41) is 0. The van der Waals surface area contributed by atoms with E-state index in [1.807, 2.05) is 0 Å². The molecule has 0 saturated heterocycles. The van der Waals surface area contributed by atoms with E-state index in [0.717, 1.165) is 0 Å². The Bertz CT molecular complexity index is 474. The summed E-state index contributed by atoms with van der Waals surface area (Å²) in [6.45, 7) is 9.48. The normalized spacial score (nSPS) is 15.4. The van der Waals surface area contributed by atoms with Crippen LogP contribution in [0.1, 0.15) is 194 Å². The summed E-state index contributed by atoms with van der Waals surface area (Å²) < 4.78 is 0. The minimum absolute atomic E-state index is 0.634. The molecule has 1 atom stereocenters. The largest absolute Gasteiger partial charge is 0.356 e. The van der Waals surface area contributed by atoms with Crippen molar-refractivity contribution in [3.8, 4) is 0 Å². The molecule has 0 bridgehead atoms. The average molecular weight is 519 g/mol. The highest BCUT2D eigenvalue weighted by Crippen LogP contribution is 2.22. The predicted molar refractivity (Wildman–Crippen MR) is 168 cm³/mol. The van der Waals surface area contributed by atoms with Gasteiger partial charge in [0.15, 0.2) is 0 Å². The molecule has 37 heavy (non-hydrogen) atoms. The van der Waals surface area contributed by atoms with Gasteiger partial charge in [0.1, 0.15) is 6.17 Å². The van der Waals surface area contributed by atoms with E-state index >= 15 is 0 Å². The Hall–Kier alpha value is -0.660. The van der Waals surface area contributed by atoms with Gasteiger partial charge in [-0.3, -0.25) is 0 Å². The quantitative estimate of drug-likeness (QED) is 0.0908. The maximum atomic E-state index is 2.66. The van der Waals surface area contributed by atoms with Crippen molar-refractivity contribution in [3.05, 3.63) is 12.4 Å². The van der Waals surface area contributed by atoms with Gasteiger partial charge in [-0.1, -0.05) is 175 Å². The van der Waals surface area contributed by atoms with Crippen molar-refractivity contribution in [3.63, 3.8) is 0 Å². The lowest BCUT2D eigenvalue weighted by Gasteiger charge is -2.33. The van der Waals surface area contributed by atoms with Gasteiger partial charge >= 0.3 is 0 Å². The van der Waals surface area contributed by atoms with Crippen LogP contribution in [0.25, 0.3) is 0 Å². The fourth-order valence-electron chi connectivity index (χ4n) is 6.04. The smallest absolute Gasteiger partial charge is 0.101 e. The average Bonchev–Trinajstić information content (AvgIpc) is 3.28. The molecule has 0 saturated carbocycles. The fourth-order valence-corrected chi connectivity index (χ4v) is 6.04. The van der Waals surface area contributed by atoms with Crippen molar-refractivity contribution in [2.45, 2.75) is 200 Å². The number of unbranched alkanes of at least 4 members (excludes halogenated alkanes) is 23. The van der Waals surface area contributed by atoms with E-state index in [0.29, 0.717) is 6.17 Å². The standard InChI is InChI=1S/C35H70N2/c1-4-7-9-11-13-15-17-19-21-23-25-27-29-32-37-34-33-36(35(37)30-6-3)31-28-26-24-22-20-18-16-14-12-10-8-5-2/h33-35H,4-32H2,1-3H3. The molecule has 1 rings (SSSR count). The third-order valence-corrected chi connectivity index (χ3v) is 8.55. The lowest BCUT2D eigenvalue weighted by Crippen LogP contribution is -2.39. The Balaban J connectivity index is 1.97. The summed E-state index contributed by atoms with van der Waals surface area (Å²) in [5.74, 6) is 0. The molecule has 0 amide bonds. The molecule has 0 N–H and O–H groups in total. The van der Waals surface area contributed by atoms with Crippen LogP contribution in [-0.4, -0.2) is 29.1 Å². The van der Waals surface area contributed by atoms with Gasteiger partial charge in [-0.25, -0.2) is 0 Å². The van der Waals surface area contributed by atoms with Gasteiger partial charge in [-0.15, -0.1) is 0 Å². The van der Waals surface area contributed by atoms with Crippen molar-refractivity contribution in [2.75, 3.05) is 13.1 Å². The van der Waals surface area contributed by atoms with Crippen molar-refractivity contribution in [2.24, 2.45) is 0 Å². The lowest BCUT2D eigenvalue weighted by molar-refractivity contribution is 0.138. The van der Waals surface area contributed by atoms with Crippen molar-refractivity contribution < 1.29 is 0 Å². The van der Waals surface area contributed by atoms with E-state index in [1.54, 1.807) is 0 Å². The molecule has 220 valence electrons. The zero-order valence-electron chi connectivity index (χ0n) is 26.1. The molecule has 0 radical (unpaired) electrons. The van der Waals surface area contributed by atoms with Gasteiger partial charge in [0.2, 0.25) is 0 Å².